The number of benzene rings is 3. The molecule has 0 fully saturated rings. The quantitative estimate of drug-likeness (QED) is 0.0524. The third-order valence-corrected chi connectivity index (χ3v) is 16.5. The van der Waals surface area contributed by atoms with Crippen LogP contribution in [0.4, 0.5) is 17.1 Å². The van der Waals surface area contributed by atoms with E-state index in [-0.39, 0.29) is 5.04 Å². The van der Waals surface area contributed by atoms with Gasteiger partial charge in [0, 0.05) is 40.2 Å². The van der Waals surface area contributed by atoms with Gasteiger partial charge in [0.05, 0.1) is 6.61 Å². The first-order valence-corrected chi connectivity index (χ1v) is 25.0. The maximum atomic E-state index is 6.69. The van der Waals surface area contributed by atoms with E-state index < -0.39 is 8.32 Å². The number of aryl methyl sites for hydroxylation is 3. The van der Waals surface area contributed by atoms with Crippen LogP contribution >= 0.6 is 11.3 Å². The van der Waals surface area contributed by atoms with Crippen LogP contribution in [0.3, 0.4) is 0 Å². The number of hydrogen-bond acceptors (Lipinski definition) is 4. The van der Waals surface area contributed by atoms with Gasteiger partial charge < -0.3 is 14.1 Å². The van der Waals surface area contributed by atoms with Crippen molar-refractivity contribution in [3.8, 4) is 5.75 Å². The van der Waals surface area contributed by atoms with Crippen molar-refractivity contribution in [2.75, 3.05) is 18.1 Å². The zero-order valence-corrected chi connectivity index (χ0v) is 37.0. The maximum absolute atomic E-state index is 6.69. The summed E-state index contributed by atoms with van der Waals surface area (Å²) < 4.78 is 13.1. The van der Waals surface area contributed by atoms with Crippen LogP contribution in [-0.2, 0) is 23.7 Å². The Labute approximate surface area is 335 Å². The van der Waals surface area contributed by atoms with Crippen LogP contribution in [0, 0.1) is 0 Å². The van der Waals surface area contributed by atoms with Crippen molar-refractivity contribution in [2.45, 2.75) is 150 Å². The molecular formula is C49H71NO2SSi. The first-order chi connectivity index (χ1) is 26.0. The third-order valence-electron chi connectivity index (χ3n) is 11.0. The summed E-state index contributed by atoms with van der Waals surface area (Å²) in [5.74, 6) is 0.932. The molecule has 3 aromatic carbocycles. The lowest BCUT2D eigenvalue weighted by Crippen LogP contribution is -2.40. The van der Waals surface area contributed by atoms with Crippen LogP contribution in [-0.4, -0.2) is 21.5 Å². The van der Waals surface area contributed by atoms with E-state index in [1.807, 2.05) is 11.3 Å². The number of rotatable bonds is 24. The Morgan fingerprint density at radius 3 is 1.74 bits per heavy atom. The molecule has 4 aromatic rings. The standard InChI is InChI=1S/C49H71NO2SSi/c1-9-12-15-17-22-42-37-47(53-39-42)34-28-43-27-33-46(38-48(43)51-35-18-16-19-36-52-54(7,8)49(4,5)6)50(44-29-23-40(24-30-44)20-13-10-2)45-31-25-41(26-32-45)21-14-11-3/h23-34,37-39H,9-22,35-36H2,1-8H3/b34-28+. The maximum Gasteiger partial charge on any atom is 0.191 e. The van der Waals surface area contributed by atoms with Gasteiger partial charge in [0.15, 0.2) is 8.32 Å². The van der Waals surface area contributed by atoms with Gasteiger partial charge in [0.25, 0.3) is 0 Å². The number of anilines is 3. The Balaban J connectivity index is 1.59. The van der Waals surface area contributed by atoms with Gasteiger partial charge in [-0.3, -0.25) is 0 Å². The molecule has 1 heterocycles. The Hall–Kier alpha value is -3.12. The number of hydrogen-bond donors (Lipinski definition) is 0. The predicted octanol–water partition coefficient (Wildman–Crippen LogP) is 15.8. The molecule has 0 amide bonds. The van der Waals surface area contributed by atoms with Crippen LogP contribution in [0.15, 0.2) is 78.2 Å². The molecule has 1 aromatic heterocycles. The summed E-state index contributed by atoms with van der Waals surface area (Å²) in [6.07, 6.45) is 21.1. The first-order valence-electron chi connectivity index (χ1n) is 21.2. The summed E-state index contributed by atoms with van der Waals surface area (Å²) in [7, 11) is -1.71. The Bertz CT molecular complexity index is 1610. The van der Waals surface area contributed by atoms with Gasteiger partial charge >= 0.3 is 0 Å². The molecule has 294 valence electrons. The number of thiophene rings is 1. The second kappa shape index (κ2) is 22.4. The third kappa shape index (κ3) is 13.9. The Kier molecular flexibility index (Phi) is 18.1. The van der Waals surface area contributed by atoms with Crippen molar-refractivity contribution >= 4 is 48.9 Å². The van der Waals surface area contributed by atoms with Gasteiger partial charge in [-0.1, -0.05) is 97.9 Å². The van der Waals surface area contributed by atoms with Crippen LogP contribution in [0.25, 0.3) is 12.2 Å². The molecule has 0 saturated heterocycles. The van der Waals surface area contributed by atoms with Crippen molar-refractivity contribution in [1.82, 2.24) is 0 Å². The molecule has 0 bridgehead atoms. The van der Waals surface area contributed by atoms with E-state index in [4.69, 9.17) is 9.16 Å². The fraction of sp³-hybridized carbons (Fsp3) is 0.510. The fourth-order valence-electron chi connectivity index (χ4n) is 6.40. The molecule has 0 atom stereocenters. The van der Waals surface area contributed by atoms with Crippen LogP contribution in [0.1, 0.15) is 139 Å². The van der Waals surface area contributed by atoms with Gasteiger partial charge in [0.2, 0.25) is 0 Å². The topological polar surface area (TPSA) is 21.7 Å². The van der Waals surface area contributed by atoms with E-state index in [1.165, 1.54) is 79.4 Å². The highest BCUT2D eigenvalue weighted by molar-refractivity contribution is 7.11. The summed E-state index contributed by atoms with van der Waals surface area (Å²) in [5, 5.41) is 2.58. The molecule has 0 unspecified atom stereocenters. The molecular weight excluding hydrogens is 695 g/mol. The molecule has 5 heteroatoms. The molecule has 54 heavy (non-hydrogen) atoms. The van der Waals surface area contributed by atoms with Crippen LogP contribution in [0.5, 0.6) is 5.75 Å². The fourth-order valence-corrected chi connectivity index (χ4v) is 8.33. The molecule has 4 rings (SSSR count). The second-order valence-corrected chi connectivity index (χ2v) is 22.4. The number of ether oxygens (including phenoxy) is 1. The lowest BCUT2D eigenvalue weighted by atomic mass is 10.1. The smallest absolute Gasteiger partial charge is 0.191 e. The zero-order valence-electron chi connectivity index (χ0n) is 35.1. The monoisotopic (exact) mass is 765 g/mol. The van der Waals surface area contributed by atoms with Crippen molar-refractivity contribution < 1.29 is 9.16 Å². The summed E-state index contributed by atoms with van der Waals surface area (Å²) in [4.78, 5) is 3.68. The van der Waals surface area contributed by atoms with Crippen molar-refractivity contribution in [3.63, 3.8) is 0 Å². The van der Waals surface area contributed by atoms with Gasteiger partial charge in [0.1, 0.15) is 5.75 Å². The summed E-state index contributed by atoms with van der Waals surface area (Å²) in [6.45, 7) is 19.9. The Morgan fingerprint density at radius 2 is 1.15 bits per heavy atom. The second-order valence-electron chi connectivity index (χ2n) is 16.6. The Morgan fingerprint density at radius 1 is 0.593 bits per heavy atom. The average Bonchev–Trinajstić information content (AvgIpc) is 3.62. The van der Waals surface area contributed by atoms with E-state index in [9.17, 15) is 0 Å². The summed E-state index contributed by atoms with van der Waals surface area (Å²) in [6, 6.07) is 27.5. The highest BCUT2D eigenvalue weighted by atomic mass is 32.1. The highest BCUT2D eigenvalue weighted by Gasteiger charge is 2.36. The minimum absolute atomic E-state index is 0.242. The van der Waals surface area contributed by atoms with Crippen molar-refractivity contribution in [2.24, 2.45) is 0 Å². The van der Waals surface area contributed by atoms with Gasteiger partial charge in [-0.05, 0) is 153 Å². The molecule has 0 radical (unpaired) electrons. The number of unbranched alkanes of at least 4 members (excludes halogenated alkanes) is 7. The molecule has 0 N–H and O–H groups in total. The average molecular weight is 766 g/mol. The minimum atomic E-state index is -1.71. The highest BCUT2D eigenvalue weighted by Crippen LogP contribution is 2.39. The number of nitrogens with zero attached hydrogens (tertiary/aromatic N) is 1. The minimum Gasteiger partial charge on any atom is -0.493 e. The van der Waals surface area contributed by atoms with Crippen molar-refractivity contribution in [1.29, 1.82) is 0 Å². The molecule has 0 aliphatic carbocycles. The largest absolute Gasteiger partial charge is 0.493 e. The van der Waals surface area contributed by atoms with Crippen molar-refractivity contribution in [3.05, 3.63) is 105 Å². The van der Waals surface area contributed by atoms with Crippen LogP contribution in [0.2, 0.25) is 18.1 Å². The van der Waals surface area contributed by atoms with E-state index in [0.717, 1.165) is 67.1 Å². The zero-order chi connectivity index (χ0) is 38.8. The molecule has 0 aliphatic rings. The molecule has 0 spiro atoms. The lowest BCUT2D eigenvalue weighted by Gasteiger charge is -2.36. The van der Waals surface area contributed by atoms with Gasteiger partial charge in [-0.25, -0.2) is 0 Å². The first kappa shape index (κ1) is 43.6. The van der Waals surface area contributed by atoms with Crippen LogP contribution < -0.4 is 9.64 Å². The lowest BCUT2D eigenvalue weighted by molar-refractivity contribution is 0.263. The molecule has 0 saturated carbocycles. The predicted molar refractivity (Wildman–Crippen MR) is 242 cm³/mol. The van der Waals surface area contributed by atoms with Gasteiger partial charge in [-0.15, -0.1) is 11.3 Å². The van der Waals surface area contributed by atoms with E-state index in [1.54, 1.807) is 0 Å². The van der Waals surface area contributed by atoms with E-state index in [2.05, 4.69) is 150 Å². The summed E-state index contributed by atoms with van der Waals surface area (Å²) >= 11 is 1.84. The van der Waals surface area contributed by atoms with Gasteiger partial charge in [-0.2, -0.15) is 0 Å². The normalized spacial score (nSPS) is 12.1. The van der Waals surface area contributed by atoms with E-state index >= 15 is 0 Å². The van der Waals surface area contributed by atoms with E-state index in [0.29, 0.717) is 6.61 Å². The SMILES string of the molecule is CCCCCCc1csc(/C=C/c2ccc(N(c3ccc(CCCC)cc3)c3ccc(CCCC)cc3)cc2OCCCCCO[Si](C)(C)C(C)(C)C)c1. The molecule has 0 aliphatic heterocycles. The molecule has 3 nitrogen and oxygen atoms in total. The summed E-state index contributed by atoms with van der Waals surface area (Å²) in [5.41, 5.74) is 8.80.